The molecule has 8 nitrogen and oxygen atoms in total. The monoisotopic (exact) mass is 394 g/mol. The second-order valence-corrected chi connectivity index (χ2v) is 6.30. The quantitative estimate of drug-likeness (QED) is 0.689. The van der Waals surface area contributed by atoms with E-state index >= 15 is 0 Å². The van der Waals surface area contributed by atoms with Crippen LogP contribution >= 0.6 is 0 Å². The predicted molar refractivity (Wildman–Crippen MR) is 95.6 cm³/mol. The number of nitrogens with two attached hydrogens (primary N) is 1. The van der Waals surface area contributed by atoms with Crippen LogP contribution in [0.3, 0.4) is 0 Å². The molecular formula is C17H17F3N6O2. The molecule has 3 aromatic rings. The molecule has 0 spiro atoms. The lowest BCUT2D eigenvalue weighted by Gasteiger charge is -2.11. The van der Waals surface area contributed by atoms with Crippen LogP contribution in [0.1, 0.15) is 13.8 Å². The normalized spacial score (nSPS) is 11.8. The van der Waals surface area contributed by atoms with Crippen molar-refractivity contribution in [2.45, 2.75) is 20.0 Å². The standard InChI is InChI=1S/C17H17F3N6O2/c1-9(2)15(27)25-12-7-26-6-10(3-4-13(26)24-12)11-5-22-14(21)16(23-11)28-8-17(18,19)20/h3-7,9H,8H2,1-2H3,(H2,21,22)(H,25,27). The molecule has 0 saturated carbocycles. The van der Waals surface area contributed by atoms with E-state index in [1.807, 2.05) is 0 Å². The number of carbonyl (C=O) groups excluding carboxylic acids is 1. The number of halogens is 3. The Morgan fingerprint density at radius 2 is 2.04 bits per heavy atom. The van der Waals surface area contributed by atoms with Crippen molar-refractivity contribution in [1.82, 2.24) is 19.4 Å². The maximum atomic E-state index is 12.4. The molecule has 3 aromatic heterocycles. The van der Waals surface area contributed by atoms with Gasteiger partial charge in [-0.3, -0.25) is 4.79 Å². The summed E-state index contributed by atoms with van der Waals surface area (Å²) in [5.74, 6) is -0.616. The number of fused-ring (bicyclic) bond motifs is 1. The van der Waals surface area contributed by atoms with Gasteiger partial charge in [0.25, 0.3) is 5.88 Å². The number of carbonyl (C=O) groups is 1. The van der Waals surface area contributed by atoms with Crippen molar-refractivity contribution < 1.29 is 22.7 Å². The Morgan fingerprint density at radius 1 is 1.29 bits per heavy atom. The van der Waals surface area contributed by atoms with Crippen LogP contribution in [-0.4, -0.2) is 38.0 Å². The first kappa shape index (κ1) is 19.4. The number of rotatable bonds is 5. The zero-order valence-electron chi connectivity index (χ0n) is 15.0. The second kappa shape index (κ2) is 7.33. The lowest BCUT2D eigenvalue weighted by molar-refractivity contribution is -0.154. The topological polar surface area (TPSA) is 107 Å². The van der Waals surface area contributed by atoms with E-state index in [0.717, 1.165) is 0 Å². The fraction of sp³-hybridized carbons (Fsp3) is 0.294. The van der Waals surface area contributed by atoms with E-state index in [0.29, 0.717) is 17.0 Å². The highest BCUT2D eigenvalue weighted by molar-refractivity contribution is 5.91. The molecule has 148 valence electrons. The number of nitrogens with zero attached hydrogens (tertiary/aromatic N) is 4. The average molecular weight is 394 g/mol. The number of hydrogen-bond acceptors (Lipinski definition) is 6. The van der Waals surface area contributed by atoms with Gasteiger partial charge in [-0.05, 0) is 12.1 Å². The van der Waals surface area contributed by atoms with Crippen molar-refractivity contribution in [1.29, 1.82) is 0 Å². The zero-order valence-corrected chi connectivity index (χ0v) is 15.0. The third-order valence-electron chi connectivity index (χ3n) is 3.66. The molecule has 0 aromatic carbocycles. The minimum absolute atomic E-state index is 0.167. The van der Waals surface area contributed by atoms with E-state index in [1.165, 1.54) is 6.20 Å². The number of ether oxygens (including phenoxy) is 1. The van der Waals surface area contributed by atoms with Gasteiger partial charge >= 0.3 is 6.18 Å². The number of alkyl halides is 3. The Hall–Kier alpha value is -3.37. The molecule has 28 heavy (non-hydrogen) atoms. The van der Waals surface area contributed by atoms with Crippen LogP contribution in [0, 0.1) is 5.92 Å². The molecule has 1 amide bonds. The maximum Gasteiger partial charge on any atom is 0.422 e. The molecule has 0 aliphatic heterocycles. The summed E-state index contributed by atoms with van der Waals surface area (Å²) < 4.78 is 43.4. The molecule has 0 aliphatic rings. The van der Waals surface area contributed by atoms with Crippen LogP contribution in [0.5, 0.6) is 5.88 Å². The first-order chi connectivity index (χ1) is 13.1. The fourth-order valence-corrected chi connectivity index (χ4v) is 2.25. The van der Waals surface area contributed by atoms with Crippen LogP contribution in [0.15, 0.2) is 30.7 Å². The Kier molecular flexibility index (Phi) is 5.08. The molecule has 0 saturated heterocycles. The first-order valence-corrected chi connectivity index (χ1v) is 8.24. The van der Waals surface area contributed by atoms with Gasteiger partial charge in [0.2, 0.25) is 5.91 Å². The number of hydrogen-bond donors (Lipinski definition) is 2. The zero-order chi connectivity index (χ0) is 20.5. The molecular weight excluding hydrogens is 377 g/mol. The maximum absolute atomic E-state index is 12.4. The molecule has 0 unspecified atom stereocenters. The van der Waals surface area contributed by atoms with E-state index < -0.39 is 18.7 Å². The molecule has 0 atom stereocenters. The summed E-state index contributed by atoms with van der Waals surface area (Å²) in [4.78, 5) is 23.9. The molecule has 3 N–H and O–H groups in total. The SMILES string of the molecule is CC(C)C(=O)Nc1cn2cc(-c3cnc(N)c(OCC(F)(F)F)n3)ccc2n1. The van der Waals surface area contributed by atoms with E-state index in [4.69, 9.17) is 5.73 Å². The summed E-state index contributed by atoms with van der Waals surface area (Å²) in [6, 6.07) is 3.35. The van der Waals surface area contributed by atoms with Crippen molar-refractivity contribution in [3.63, 3.8) is 0 Å². The Labute approximate surface area is 157 Å². The van der Waals surface area contributed by atoms with Gasteiger partial charge in [-0.2, -0.15) is 13.2 Å². The van der Waals surface area contributed by atoms with Gasteiger partial charge in [-0.15, -0.1) is 0 Å². The van der Waals surface area contributed by atoms with Crippen LogP contribution in [0.4, 0.5) is 24.8 Å². The lowest BCUT2D eigenvalue weighted by atomic mass is 10.2. The smallest absolute Gasteiger partial charge is 0.422 e. The second-order valence-electron chi connectivity index (χ2n) is 6.30. The Bertz CT molecular complexity index is 1020. The largest absolute Gasteiger partial charge is 0.465 e. The number of imidazole rings is 1. The minimum atomic E-state index is -4.52. The van der Waals surface area contributed by atoms with Gasteiger partial charge in [-0.25, -0.2) is 15.0 Å². The molecule has 0 fully saturated rings. The van der Waals surface area contributed by atoms with Crippen molar-refractivity contribution >= 4 is 23.2 Å². The highest BCUT2D eigenvalue weighted by Crippen LogP contribution is 2.25. The Morgan fingerprint density at radius 3 is 2.71 bits per heavy atom. The average Bonchev–Trinajstić information content (AvgIpc) is 3.01. The minimum Gasteiger partial charge on any atom is -0.465 e. The number of anilines is 2. The summed E-state index contributed by atoms with van der Waals surface area (Å²) >= 11 is 0. The molecule has 3 rings (SSSR count). The van der Waals surface area contributed by atoms with Gasteiger partial charge in [0.1, 0.15) is 5.65 Å². The van der Waals surface area contributed by atoms with Gasteiger partial charge < -0.3 is 20.2 Å². The van der Waals surface area contributed by atoms with E-state index in [9.17, 15) is 18.0 Å². The number of amides is 1. The van der Waals surface area contributed by atoms with Gasteiger partial charge in [-0.1, -0.05) is 13.8 Å². The summed E-state index contributed by atoms with van der Waals surface area (Å²) in [6.45, 7) is 2.01. The summed E-state index contributed by atoms with van der Waals surface area (Å²) in [5, 5.41) is 2.70. The number of pyridine rings is 1. The fourth-order valence-electron chi connectivity index (χ4n) is 2.25. The van der Waals surface area contributed by atoms with E-state index in [-0.39, 0.29) is 23.3 Å². The van der Waals surface area contributed by atoms with Gasteiger partial charge in [0, 0.05) is 17.7 Å². The molecule has 3 heterocycles. The highest BCUT2D eigenvalue weighted by atomic mass is 19.4. The van der Waals surface area contributed by atoms with Gasteiger partial charge in [0.15, 0.2) is 18.2 Å². The third kappa shape index (κ3) is 4.48. The molecule has 0 aliphatic carbocycles. The molecule has 0 radical (unpaired) electrons. The highest BCUT2D eigenvalue weighted by Gasteiger charge is 2.29. The van der Waals surface area contributed by atoms with Gasteiger partial charge in [0.05, 0.1) is 18.1 Å². The number of nitrogens with one attached hydrogen (secondary N) is 1. The van der Waals surface area contributed by atoms with Crippen LogP contribution in [0.25, 0.3) is 16.9 Å². The number of aromatic nitrogens is 4. The van der Waals surface area contributed by atoms with Crippen molar-refractivity contribution in [2.75, 3.05) is 17.7 Å². The molecule has 0 bridgehead atoms. The van der Waals surface area contributed by atoms with E-state index in [1.54, 1.807) is 42.8 Å². The van der Waals surface area contributed by atoms with Crippen LogP contribution in [0.2, 0.25) is 0 Å². The first-order valence-electron chi connectivity index (χ1n) is 8.24. The van der Waals surface area contributed by atoms with Crippen LogP contribution < -0.4 is 15.8 Å². The van der Waals surface area contributed by atoms with E-state index in [2.05, 4.69) is 25.0 Å². The third-order valence-corrected chi connectivity index (χ3v) is 3.66. The van der Waals surface area contributed by atoms with Crippen LogP contribution in [-0.2, 0) is 4.79 Å². The lowest BCUT2D eigenvalue weighted by Crippen LogP contribution is -2.20. The Balaban J connectivity index is 1.88. The van der Waals surface area contributed by atoms with Crippen molar-refractivity contribution in [3.05, 3.63) is 30.7 Å². The summed E-state index contributed by atoms with van der Waals surface area (Å²) in [5.41, 5.74) is 6.93. The predicted octanol–water partition coefficient (Wildman–Crippen LogP) is 2.91. The summed E-state index contributed by atoms with van der Waals surface area (Å²) in [6.07, 6.45) is 0.0814. The van der Waals surface area contributed by atoms with Crippen molar-refractivity contribution in [2.24, 2.45) is 5.92 Å². The molecule has 11 heteroatoms. The van der Waals surface area contributed by atoms with Crippen molar-refractivity contribution in [3.8, 4) is 17.1 Å². The number of nitrogen functional groups attached to an aromatic ring is 1. The summed E-state index contributed by atoms with van der Waals surface area (Å²) in [7, 11) is 0.